The molecule has 1 fully saturated rings. The van der Waals surface area contributed by atoms with Gasteiger partial charge in [0.25, 0.3) is 5.91 Å². The Bertz CT molecular complexity index is 1580. The van der Waals surface area contributed by atoms with E-state index in [1.54, 1.807) is 19.9 Å². The second-order valence-electron chi connectivity index (χ2n) is 9.59. The minimum Gasteiger partial charge on any atom is -0.387 e. The van der Waals surface area contributed by atoms with Crippen LogP contribution in [0.5, 0.6) is 0 Å². The SMILES string of the molecule is CC(C)NC(=O)[C@H]1O[C@@H](n2cnc3c(NCc4cc(C(F)(F)F)ccn4)nc(-c4cncc(Cl)c4)nc32)[C@H](O)[C@@H]1O. The van der Waals surface area contributed by atoms with Crippen LogP contribution in [-0.4, -0.2) is 70.0 Å². The van der Waals surface area contributed by atoms with Crippen LogP contribution in [0.2, 0.25) is 5.02 Å². The first-order valence-electron chi connectivity index (χ1n) is 12.4. The highest BCUT2D eigenvalue weighted by molar-refractivity contribution is 6.30. The predicted molar refractivity (Wildman–Crippen MR) is 139 cm³/mol. The number of pyridine rings is 2. The van der Waals surface area contributed by atoms with Gasteiger partial charge >= 0.3 is 6.18 Å². The highest BCUT2D eigenvalue weighted by Crippen LogP contribution is 2.34. The first-order valence-corrected chi connectivity index (χ1v) is 12.7. The molecule has 4 N–H and O–H groups in total. The standard InChI is InChI=1S/C25H24ClF3N8O4/c1-11(2)34-23(40)19-17(38)18(39)24(41-19)37-10-33-16-21(32-9-15-6-13(3-4-31-15)25(27,28)29)35-20(36-22(16)37)12-5-14(26)8-30-7-12/h3-8,10-11,17-19,24,38-39H,9H2,1-2H3,(H,34,40)(H,32,35,36)/t17-,18+,19-,24+/m0/s1. The number of alkyl halides is 3. The van der Waals surface area contributed by atoms with E-state index in [0.717, 1.165) is 18.3 Å². The van der Waals surface area contributed by atoms with E-state index < -0.39 is 42.2 Å². The monoisotopic (exact) mass is 592 g/mol. The molecule has 12 nitrogen and oxygen atoms in total. The van der Waals surface area contributed by atoms with Crippen molar-refractivity contribution in [1.82, 2.24) is 34.8 Å². The summed E-state index contributed by atoms with van der Waals surface area (Å²) in [6, 6.07) is 3.11. The minimum atomic E-state index is -4.54. The molecule has 0 aromatic carbocycles. The summed E-state index contributed by atoms with van der Waals surface area (Å²) >= 11 is 6.11. The van der Waals surface area contributed by atoms with E-state index in [1.807, 2.05) is 0 Å². The minimum absolute atomic E-state index is 0.0914. The van der Waals surface area contributed by atoms with Crippen LogP contribution in [0.1, 0.15) is 31.3 Å². The average molecular weight is 593 g/mol. The lowest BCUT2D eigenvalue weighted by Gasteiger charge is -2.17. The zero-order valence-electron chi connectivity index (χ0n) is 21.5. The van der Waals surface area contributed by atoms with Gasteiger partial charge in [0.15, 0.2) is 35.1 Å². The molecule has 0 radical (unpaired) electrons. The van der Waals surface area contributed by atoms with Gasteiger partial charge in [0, 0.05) is 30.2 Å². The number of halogens is 4. The first-order chi connectivity index (χ1) is 19.4. The third kappa shape index (κ3) is 5.93. The van der Waals surface area contributed by atoms with Crippen molar-refractivity contribution in [3.05, 3.63) is 59.4 Å². The lowest BCUT2D eigenvalue weighted by Crippen LogP contribution is -2.45. The summed E-state index contributed by atoms with van der Waals surface area (Å²) in [7, 11) is 0. The average Bonchev–Trinajstić information content (AvgIpc) is 3.47. The van der Waals surface area contributed by atoms with Gasteiger partial charge < -0.3 is 25.6 Å². The van der Waals surface area contributed by atoms with Crippen molar-refractivity contribution < 1.29 is 32.9 Å². The number of nitrogens with zero attached hydrogens (tertiary/aromatic N) is 6. The molecule has 0 spiro atoms. The fourth-order valence-electron chi connectivity index (χ4n) is 4.29. The van der Waals surface area contributed by atoms with E-state index in [9.17, 15) is 28.2 Å². The van der Waals surface area contributed by atoms with E-state index >= 15 is 0 Å². The van der Waals surface area contributed by atoms with Crippen LogP contribution in [0.3, 0.4) is 0 Å². The summed E-state index contributed by atoms with van der Waals surface area (Å²) in [5.74, 6) is -0.351. The summed E-state index contributed by atoms with van der Waals surface area (Å²) in [6.07, 6.45) is -5.00. The van der Waals surface area contributed by atoms with E-state index in [4.69, 9.17) is 16.3 Å². The Kier molecular flexibility index (Phi) is 7.78. The number of anilines is 1. The van der Waals surface area contributed by atoms with E-state index in [2.05, 4.69) is 35.6 Å². The van der Waals surface area contributed by atoms with Gasteiger partial charge in [0.05, 0.1) is 29.2 Å². The number of carbonyl (C=O) groups excluding carboxylic acids is 1. The second kappa shape index (κ2) is 11.2. The van der Waals surface area contributed by atoms with Crippen LogP contribution < -0.4 is 10.6 Å². The number of hydrogen-bond donors (Lipinski definition) is 4. The summed E-state index contributed by atoms with van der Waals surface area (Å²) < 4.78 is 46.7. The number of hydrogen-bond acceptors (Lipinski definition) is 10. The molecule has 4 atom stereocenters. The van der Waals surface area contributed by atoms with Gasteiger partial charge in [0.1, 0.15) is 12.2 Å². The maximum atomic E-state index is 13.2. The van der Waals surface area contributed by atoms with E-state index in [1.165, 1.54) is 23.3 Å². The zero-order chi connectivity index (χ0) is 29.5. The third-order valence-corrected chi connectivity index (χ3v) is 6.37. The van der Waals surface area contributed by atoms with Crippen molar-refractivity contribution >= 4 is 34.5 Å². The molecule has 1 saturated heterocycles. The van der Waals surface area contributed by atoms with Crippen LogP contribution in [0, 0.1) is 0 Å². The summed E-state index contributed by atoms with van der Waals surface area (Å²) in [5.41, 5.74) is -0.0380. The predicted octanol–water partition coefficient (Wildman–Crippen LogP) is 2.71. The maximum Gasteiger partial charge on any atom is 0.416 e. The first kappa shape index (κ1) is 28.6. The number of carbonyl (C=O) groups is 1. The Morgan fingerprint density at radius 1 is 1.17 bits per heavy atom. The molecule has 41 heavy (non-hydrogen) atoms. The number of imidazole rings is 1. The molecule has 0 unspecified atom stereocenters. The molecule has 5 heterocycles. The van der Waals surface area contributed by atoms with Gasteiger partial charge in [-0.05, 0) is 32.0 Å². The number of aliphatic hydroxyl groups is 2. The molecule has 216 valence electrons. The van der Waals surface area contributed by atoms with Crippen molar-refractivity contribution in [3.63, 3.8) is 0 Å². The number of fused-ring (bicyclic) bond motifs is 1. The Labute approximate surface area is 235 Å². The molecule has 5 rings (SSSR count). The fourth-order valence-corrected chi connectivity index (χ4v) is 4.46. The zero-order valence-corrected chi connectivity index (χ0v) is 22.3. The molecule has 4 aromatic rings. The quantitative estimate of drug-likeness (QED) is 0.251. The number of ether oxygens (including phenoxy) is 1. The molecule has 0 aliphatic carbocycles. The molecule has 1 aliphatic rings. The molecular formula is C25H24ClF3N8O4. The summed E-state index contributed by atoms with van der Waals surface area (Å²) in [4.78, 5) is 33.9. The van der Waals surface area contributed by atoms with Crippen LogP contribution in [0.4, 0.5) is 19.0 Å². The van der Waals surface area contributed by atoms with Gasteiger partial charge in [-0.25, -0.2) is 15.0 Å². The van der Waals surface area contributed by atoms with Crippen molar-refractivity contribution in [1.29, 1.82) is 0 Å². The maximum absolute atomic E-state index is 13.2. The Balaban J connectivity index is 1.54. The van der Waals surface area contributed by atoms with Crippen molar-refractivity contribution in [2.75, 3.05) is 5.32 Å². The Hall–Kier alpha value is -3.92. The molecule has 1 aliphatic heterocycles. The lowest BCUT2D eigenvalue weighted by atomic mass is 10.1. The number of rotatable bonds is 7. The highest BCUT2D eigenvalue weighted by atomic mass is 35.5. The third-order valence-electron chi connectivity index (χ3n) is 6.17. The molecule has 0 saturated carbocycles. The Morgan fingerprint density at radius 3 is 2.66 bits per heavy atom. The van der Waals surface area contributed by atoms with Gasteiger partial charge in [-0.3, -0.25) is 19.3 Å². The molecule has 4 aromatic heterocycles. The van der Waals surface area contributed by atoms with Crippen LogP contribution >= 0.6 is 11.6 Å². The second-order valence-corrected chi connectivity index (χ2v) is 10.0. The number of nitrogens with one attached hydrogen (secondary N) is 2. The van der Waals surface area contributed by atoms with Crippen molar-refractivity contribution in [2.24, 2.45) is 0 Å². The molecule has 0 bridgehead atoms. The van der Waals surface area contributed by atoms with Crippen molar-refractivity contribution in [3.8, 4) is 11.4 Å². The van der Waals surface area contributed by atoms with Gasteiger partial charge in [-0.2, -0.15) is 13.2 Å². The number of aliphatic hydroxyl groups excluding tert-OH is 2. The topological polar surface area (TPSA) is 160 Å². The van der Waals surface area contributed by atoms with E-state index in [-0.39, 0.29) is 41.1 Å². The number of amides is 1. The van der Waals surface area contributed by atoms with Crippen LogP contribution in [-0.2, 0) is 22.3 Å². The van der Waals surface area contributed by atoms with Crippen molar-refractivity contribution in [2.45, 2.75) is 57.2 Å². The van der Waals surface area contributed by atoms with Gasteiger partial charge in [0.2, 0.25) is 0 Å². The van der Waals surface area contributed by atoms with E-state index in [0.29, 0.717) is 10.6 Å². The molecule has 16 heteroatoms. The molecule has 1 amide bonds. The molecular weight excluding hydrogens is 569 g/mol. The fraction of sp³-hybridized carbons (Fsp3) is 0.360. The highest BCUT2D eigenvalue weighted by Gasteiger charge is 2.48. The number of aromatic nitrogens is 6. The summed E-state index contributed by atoms with van der Waals surface area (Å²) in [5, 5.41) is 27.2. The lowest BCUT2D eigenvalue weighted by molar-refractivity contribution is -0.138. The van der Waals surface area contributed by atoms with Crippen LogP contribution in [0.15, 0.2) is 43.1 Å². The normalized spacial score (nSPS) is 21.0. The van der Waals surface area contributed by atoms with Gasteiger partial charge in [-0.1, -0.05) is 11.6 Å². The summed E-state index contributed by atoms with van der Waals surface area (Å²) in [6.45, 7) is 3.33. The smallest absolute Gasteiger partial charge is 0.387 e. The van der Waals surface area contributed by atoms with Crippen LogP contribution in [0.25, 0.3) is 22.6 Å². The Morgan fingerprint density at radius 2 is 1.95 bits per heavy atom. The largest absolute Gasteiger partial charge is 0.416 e. The van der Waals surface area contributed by atoms with Gasteiger partial charge in [-0.15, -0.1) is 0 Å².